The minimum absolute atomic E-state index is 0.104. The fourth-order valence-corrected chi connectivity index (χ4v) is 1.64. The zero-order valence-corrected chi connectivity index (χ0v) is 11.3. The molecule has 0 unspecified atom stereocenters. The highest BCUT2D eigenvalue weighted by Gasteiger charge is 2.08. The van der Waals surface area contributed by atoms with Crippen LogP contribution in [0.3, 0.4) is 0 Å². The van der Waals surface area contributed by atoms with Crippen LogP contribution in [0.1, 0.15) is 23.4 Å². The SMILES string of the molecule is Cc1nn(C)c(C)c1/C=C/C(=O)N(C)CCC#N. The van der Waals surface area contributed by atoms with E-state index >= 15 is 0 Å². The summed E-state index contributed by atoms with van der Waals surface area (Å²) in [6.45, 7) is 4.32. The third-order valence-electron chi connectivity index (χ3n) is 2.89. The van der Waals surface area contributed by atoms with Gasteiger partial charge in [-0.15, -0.1) is 0 Å². The molecule has 1 aromatic rings. The number of rotatable bonds is 4. The van der Waals surface area contributed by atoms with Crippen LogP contribution in [-0.2, 0) is 11.8 Å². The first-order valence-electron chi connectivity index (χ1n) is 5.77. The van der Waals surface area contributed by atoms with Crippen molar-refractivity contribution >= 4 is 12.0 Å². The molecule has 0 radical (unpaired) electrons. The van der Waals surface area contributed by atoms with E-state index in [1.54, 1.807) is 17.8 Å². The van der Waals surface area contributed by atoms with Crippen molar-refractivity contribution < 1.29 is 4.79 Å². The number of carbonyl (C=O) groups excluding carboxylic acids is 1. The molecule has 0 atom stereocenters. The Bertz CT molecular complexity index is 508. The average Bonchev–Trinajstić information content (AvgIpc) is 2.58. The van der Waals surface area contributed by atoms with Crippen molar-refractivity contribution in [1.82, 2.24) is 14.7 Å². The van der Waals surface area contributed by atoms with Crippen LogP contribution in [-0.4, -0.2) is 34.2 Å². The Kier molecular flexibility index (Phi) is 4.67. The van der Waals surface area contributed by atoms with E-state index in [9.17, 15) is 4.79 Å². The van der Waals surface area contributed by atoms with Gasteiger partial charge >= 0.3 is 0 Å². The van der Waals surface area contributed by atoms with Gasteiger partial charge in [-0.05, 0) is 19.9 Å². The highest BCUT2D eigenvalue weighted by atomic mass is 16.2. The lowest BCUT2D eigenvalue weighted by Crippen LogP contribution is -2.25. The summed E-state index contributed by atoms with van der Waals surface area (Å²) in [7, 11) is 3.56. The second-order valence-electron chi connectivity index (χ2n) is 4.21. The van der Waals surface area contributed by atoms with Gasteiger partial charge in [0.25, 0.3) is 0 Å². The summed E-state index contributed by atoms with van der Waals surface area (Å²) in [4.78, 5) is 13.3. The summed E-state index contributed by atoms with van der Waals surface area (Å²) in [5.41, 5.74) is 2.90. The summed E-state index contributed by atoms with van der Waals surface area (Å²) in [5, 5.41) is 12.7. The van der Waals surface area contributed by atoms with Gasteiger partial charge in [-0.25, -0.2) is 0 Å². The average molecular weight is 246 g/mol. The molecule has 0 bridgehead atoms. The van der Waals surface area contributed by atoms with Gasteiger partial charge in [-0.2, -0.15) is 10.4 Å². The van der Waals surface area contributed by atoms with E-state index in [-0.39, 0.29) is 5.91 Å². The molecule has 1 heterocycles. The fourth-order valence-electron chi connectivity index (χ4n) is 1.64. The molecule has 0 N–H and O–H groups in total. The van der Waals surface area contributed by atoms with Crippen molar-refractivity contribution in [3.05, 3.63) is 23.0 Å². The van der Waals surface area contributed by atoms with E-state index in [4.69, 9.17) is 5.26 Å². The van der Waals surface area contributed by atoms with E-state index in [1.165, 1.54) is 11.0 Å². The number of nitrogens with zero attached hydrogens (tertiary/aromatic N) is 4. The summed E-state index contributed by atoms with van der Waals surface area (Å²) in [6.07, 6.45) is 3.65. The van der Waals surface area contributed by atoms with Crippen LogP contribution in [0.5, 0.6) is 0 Å². The maximum atomic E-state index is 11.8. The van der Waals surface area contributed by atoms with E-state index in [0.29, 0.717) is 13.0 Å². The number of carbonyl (C=O) groups is 1. The number of likely N-dealkylation sites (N-methyl/N-ethyl adjacent to an activating group) is 1. The molecule has 0 saturated heterocycles. The van der Waals surface area contributed by atoms with Gasteiger partial charge in [0, 0.05) is 38.0 Å². The second kappa shape index (κ2) is 6.01. The quantitative estimate of drug-likeness (QED) is 0.755. The maximum absolute atomic E-state index is 11.8. The minimum Gasteiger partial charge on any atom is -0.341 e. The first kappa shape index (κ1) is 14.0. The molecule has 96 valence electrons. The molecule has 5 nitrogen and oxygen atoms in total. The predicted molar refractivity (Wildman–Crippen MR) is 69.6 cm³/mol. The highest BCUT2D eigenvalue weighted by Crippen LogP contribution is 2.13. The van der Waals surface area contributed by atoms with Gasteiger partial charge in [-0.3, -0.25) is 9.48 Å². The number of nitriles is 1. The van der Waals surface area contributed by atoms with Gasteiger partial charge in [0.1, 0.15) is 0 Å². The summed E-state index contributed by atoms with van der Waals surface area (Å²) in [5.74, 6) is -0.104. The lowest BCUT2D eigenvalue weighted by Gasteiger charge is -2.12. The Morgan fingerprint density at radius 2 is 2.22 bits per heavy atom. The Hall–Kier alpha value is -2.09. The van der Waals surface area contributed by atoms with E-state index in [0.717, 1.165) is 17.0 Å². The monoisotopic (exact) mass is 246 g/mol. The Morgan fingerprint density at radius 1 is 1.56 bits per heavy atom. The van der Waals surface area contributed by atoms with Crippen LogP contribution in [0.25, 0.3) is 6.08 Å². The van der Waals surface area contributed by atoms with E-state index in [2.05, 4.69) is 5.10 Å². The molecule has 1 aromatic heterocycles. The van der Waals surface area contributed by atoms with Crippen molar-refractivity contribution in [3.8, 4) is 6.07 Å². The predicted octanol–water partition coefficient (Wildman–Crippen LogP) is 1.42. The van der Waals surface area contributed by atoms with Crippen molar-refractivity contribution in [3.63, 3.8) is 0 Å². The first-order valence-corrected chi connectivity index (χ1v) is 5.77. The van der Waals surface area contributed by atoms with Crippen LogP contribution in [0, 0.1) is 25.2 Å². The Labute approximate surface area is 107 Å². The summed E-state index contributed by atoms with van der Waals surface area (Å²) in [6, 6.07) is 2.02. The van der Waals surface area contributed by atoms with Crippen LogP contribution in [0.4, 0.5) is 0 Å². The van der Waals surface area contributed by atoms with Gasteiger partial charge in [0.15, 0.2) is 0 Å². The standard InChI is InChI=1S/C13H18N4O/c1-10-12(11(2)17(4)15-10)6-7-13(18)16(3)9-5-8-14/h6-7H,5,9H2,1-4H3/b7-6+. The fraction of sp³-hybridized carbons (Fsp3) is 0.462. The normalized spacial score (nSPS) is 10.6. The molecule has 5 heteroatoms. The van der Waals surface area contributed by atoms with Gasteiger partial charge in [0.2, 0.25) is 5.91 Å². The molecule has 1 rings (SSSR count). The molecule has 0 aliphatic rings. The first-order chi connectivity index (χ1) is 8.47. The number of aryl methyl sites for hydroxylation is 2. The molecule has 0 spiro atoms. The van der Waals surface area contributed by atoms with Crippen molar-refractivity contribution in [1.29, 1.82) is 5.26 Å². The van der Waals surface area contributed by atoms with E-state index in [1.807, 2.05) is 27.0 Å². The number of amides is 1. The number of hydrogen-bond donors (Lipinski definition) is 0. The topological polar surface area (TPSA) is 61.9 Å². The summed E-state index contributed by atoms with van der Waals surface area (Å²) < 4.78 is 1.79. The third kappa shape index (κ3) is 3.20. The van der Waals surface area contributed by atoms with Crippen LogP contribution in [0.15, 0.2) is 6.08 Å². The molecule has 0 fully saturated rings. The molecular weight excluding hydrogens is 228 g/mol. The smallest absolute Gasteiger partial charge is 0.246 e. The number of aromatic nitrogens is 2. The van der Waals surface area contributed by atoms with Crippen molar-refractivity contribution in [2.45, 2.75) is 20.3 Å². The summed E-state index contributed by atoms with van der Waals surface area (Å²) >= 11 is 0. The molecule has 0 aliphatic heterocycles. The second-order valence-corrected chi connectivity index (χ2v) is 4.21. The van der Waals surface area contributed by atoms with Crippen LogP contribution < -0.4 is 0 Å². The molecule has 1 amide bonds. The zero-order valence-electron chi connectivity index (χ0n) is 11.3. The van der Waals surface area contributed by atoms with Crippen LogP contribution in [0.2, 0.25) is 0 Å². The van der Waals surface area contributed by atoms with Gasteiger partial charge in [0.05, 0.1) is 18.2 Å². The van der Waals surface area contributed by atoms with Crippen LogP contribution >= 0.6 is 0 Å². The molecule has 0 aliphatic carbocycles. The highest BCUT2D eigenvalue weighted by molar-refractivity contribution is 5.91. The molecule has 18 heavy (non-hydrogen) atoms. The van der Waals surface area contributed by atoms with Crippen molar-refractivity contribution in [2.24, 2.45) is 7.05 Å². The number of hydrogen-bond acceptors (Lipinski definition) is 3. The van der Waals surface area contributed by atoms with E-state index < -0.39 is 0 Å². The zero-order chi connectivity index (χ0) is 13.7. The Balaban J connectivity index is 2.75. The molecule has 0 aromatic carbocycles. The lowest BCUT2D eigenvalue weighted by atomic mass is 10.2. The maximum Gasteiger partial charge on any atom is 0.246 e. The third-order valence-corrected chi connectivity index (χ3v) is 2.89. The molecule has 0 saturated carbocycles. The molecular formula is C13H18N4O. The largest absolute Gasteiger partial charge is 0.341 e. The minimum atomic E-state index is -0.104. The Morgan fingerprint density at radius 3 is 2.72 bits per heavy atom. The lowest BCUT2D eigenvalue weighted by molar-refractivity contribution is -0.124. The van der Waals surface area contributed by atoms with Crippen molar-refractivity contribution in [2.75, 3.05) is 13.6 Å². The van der Waals surface area contributed by atoms with Gasteiger partial charge < -0.3 is 4.90 Å². The van der Waals surface area contributed by atoms with Gasteiger partial charge in [-0.1, -0.05) is 0 Å².